The van der Waals surface area contributed by atoms with Crippen molar-refractivity contribution >= 4 is 35.8 Å². The van der Waals surface area contributed by atoms with E-state index < -0.39 is 173 Å². The standard InChI is InChI=1S/C114H207N9O18/c1-31-37-43-49-55-61-67-130-118-103(7,8)73-85(74-104(118,9)10)136-97(124)91(98(125)137-86-75-105(11,12)119(106(13,14)76-86)131-68-62-56-50-44-38-32-2)94-115-95(92(99(126)138-87-77-107(15,16)120(108(17,18)78-87)132-69-63-57-51-45-39-33-3)100(127)139-88-79-109(19,20)121(110(21,22)80-88)133-70-64-58-52-46-40-34-4)117-96(116-94)93(101(128)140-89-81-111(23,24)122(112(25,26)82-89)134-71-65-59-53-47-41-35-5)102(129)141-90-83-113(27,28)123(114(29,30)84-90)135-72-66-60-54-48-42-36-6/h85-90,115-117H,31-84H2,1-30H3. The molecule has 0 atom stereocenters. The molecule has 0 bridgehead atoms. The molecule has 0 unspecified atom stereocenters. The van der Waals surface area contributed by atoms with E-state index in [0.29, 0.717) is 39.6 Å². The fourth-order valence-corrected chi connectivity index (χ4v) is 24.8. The maximum Gasteiger partial charge on any atom is 0.349 e. The summed E-state index contributed by atoms with van der Waals surface area (Å²) in [6.45, 7) is 65.6. The molecule has 7 rings (SSSR count). The topological polar surface area (TPSA) is 269 Å². The van der Waals surface area contributed by atoms with Crippen molar-refractivity contribution in [2.45, 2.75) is 619 Å². The molecule has 0 spiro atoms. The van der Waals surface area contributed by atoms with Crippen LogP contribution >= 0.6 is 0 Å². The first kappa shape index (κ1) is 123. The van der Waals surface area contributed by atoms with Crippen LogP contribution in [0.25, 0.3) is 0 Å². The molecule has 0 aromatic heterocycles. The summed E-state index contributed by atoms with van der Waals surface area (Å²) in [5.41, 5.74) is -11.2. The Morgan fingerprint density at radius 2 is 0.298 bits per heavy atom. The highest BCUT2D eigenvalue weighted by molar-refractivity contribution is 6.17. The summed E-state index contributed by atoms with van der Waals surface area (Å²) in [4.78, 5) is 141. The Labute approximate surface area is 856 Å². The maximum absolute atomic E-state index is 16.8. The molecule has 27 nitrogen and oxygen atoms in total. The third-order valence-electron chi connectivity index (χ3n) is 30.0. The van der Waals surface area contributed by atoms with E-state index in [9.17, 15) is 0 Å². The number of rotatable bonds is 60. The SMILES string of the molecule is CCCCCCCCON1C(C)(C)CC(OC(=O)C(C(=O)OC2CC(C)(C)N(OCCCCCCCC)C(C)(C)C2)=C2NC(=C(C(=O)OC3CC(C)(C)N(OCCCCCCCC)C(C)(C)C3)C(=O)OC3CC(C)(C)N(OCCCCCCCC)C(C)(C)C3)NC(=C(C(=O)OC3CC(C)(C)N(OCCCCCCCC)C(C)(C)C3)C(=O)OC3CC(C)(C)N(OCCCCCCCC)C(C)(C)C3)N2)CC1(C)C. The van der Waals surface area contributed by atoms with Gasteiger partial charge in [-0.15, -0.1) is 0 Å². The first-order valence-corrected chi connectivity index (χ1v) is 56.5. The average Bonchev–Trinajstić information content (AvgIpc) is 0.738. The zero-order valence-electron chi connectivity index (χ0n) is 95.2. The predicted molar refractivity (Wildman–Crippen MR) is 561 cm³/mol. The number of carbonyl (C=O) groups is 6. The molecule has 0 saturated carbocycles. The Bertz CT molecular complexity index is 3200. The third-order valence-corrected chi connectivity index (χ3v) is 30.0. The highest BCUT2D eigenvalue weighted by Gasteiger charge is 2.57. The van der Waals surface area contributed by atoms with Crippen molar-refractivity contribution in [1.82, 2.24) is 46.3 Å². The number of hydroxylamine groups is 12. The van der Waals surface area contributed by atoms with Gasteiger partial charge in [0.05, 0.1) is 39.6 Å². The van der Waals surface area contributed by atoms with Gasteiger partial charge >= 0.3 is 35.8 Å². The van der Waals surface area contributed by atoms with Gasteiger partial charge in [0, 0.05) is 144 Å². The van der Waals surface area contributed by atoms with Gasteiger partial charge in [0.25, 0.3) is 0 Å². The smallest absolute Gasteiger partial charge is 0.349 e. The summed E-state index contributed by atoms with van der Waals surface area (Å²) in [5.74, 6) is -8.48. The van der Waals surface area contributed by atoms with Crippen LogP contribution in [0.15, 0.2) is 34.2 Å². The van der Waals surface area contributed by atoms with Crippen LogP contribution in [0.3, 0.4) is 0 Å². The van der Waals surface area contributed by atoms with Crippen LogP contribution in [0.2, 0.25) is 0 Å². The van der Waals surface area contributed by atoms with Gasteiger partial charge in [0.2, 0.25) is 0 Å². The summed E-state index contributed by atoms with van der Waals surface area (Å²) in [6, 6.07) is 0. The molecule has 141 heavy (non-hydrogen) atoms. The fraction of sp³-hybridized carbons (Fsp3) is 0.895. The van der Waals surface area contributed by atoms with Gasteiger partial charge in [-0.25, -0.2) is 28.8 Å². The lowest BCUT2D eigenvalue weighted by atomic mass is 9.80. The summed E-state index contributed by atoms with van der Waals surface area (Å²) in [5, 5.41) is 21.9. The molecule has 3 N–H and O–H groups in total. The van der Waals surface area contributed by atoms with Crippen LogP contribution < -0.4 is 16.0 Å². The van der Waals surface area contributed by atoms with Gasteiger partial charge in [-0.1, -0.05) is 234 Å². The van der Waals surface area contributed by atoms with E-state index in [1.54, 1.807) is 0 Å². The highest BCUT2D eigenvalue weighted by atomic mass is 16.7. The van der Waals surface area contributed by atoms with Gasteiger partial charge in [0.1, 0.15) is 54.1 Å². The molecule has 27 heteroatoms. The minimum absolute atomic E-state index is 0.253. The van der Waals surface area contributed by atoms with Crippen molar-refractivity contribution in [3.8, 4) is 0 Å². The van der Waals surface area contributed by atoms with Crippen molar-refractivity contribution in [1.29, 1.82) is 0 Å². The Morgan fingerprint density at radius 1 is 0.191 bits per heavy atom. The molecule has 7 aliphatic rings. The zero-order chi connectivity index (χ0) is 105. The van der Waals surface area contributed by atoms with Crippen molar-refractivity contribution in [2.24, 2.45) is 0 Å². The number of carbonyl (C=O) groups excluding carboxylic acids is 6. The Hall–Kier alpha value is -5.04. The van der Waals surface area contributed by atoms with E-state index in [1.165, 1.54) is 38.5 Å². The van der Waals surface area contributed by atoms with E-state index in [-0.39, 0.29) is 77.0 Å². The van der Waals surface area contributed by atoms with Gasteiger partial charge in [-0.05, 0) is 205 Å². The van der Waals surface area contributed by atoms with Gasteiger partial charge < -0.3 is 44.4 Å². The lowest BCUT2D eigenvalue weighted by Crippen LogP contribution is -2.62. The predicted octanol–water partition coefficient (Wildman–Crippen LogP) is 25.5. The summed E-state index contributed by atoms with van der Waals surface area (Å²) in [6.07, 6.45) is 36.8. The van der Waals surface area contributed by atoms with Crippen LogP contribution in [-0.2, 0) is 86.2 Å². The van der Waals surface area contributed by atoms with E-state index in [2.05, 4.69) is 224 Å². The largest absolute Gasteiger partial charge is 0.458 e. The monoisotopic (exact) mass is 1990 g/mol. The molecule has 0 radical (unpaired) electrons. The average molecular weight is 1990 g/mol. The molecule has 0 aromatic rings. The van der Waals surface area contributed by atoms with Gasteiger partial charge in [0.15, 0.2) is 16.7 Å². The van der Waals surface area contributed by atoms with Crippen LogP contribution in [0.1, 0.15) is 516 Å². The zero-order valence-corrected chi connectivity index (χ0v) is 95.2. The number of ether oxygens (including phenoxy) is 6. The second kappa shape index (κ2) is 56.0. The van der Waals surface area contributed by atoms with E-state index in [0.717, 1.165) is 193 Å². The molecule has 0 aliphatic carbocycles. The van der Waals surface area contributed by atoms with Crippen LogP contribution in [0.5, 0.6) is 0 Å². The maximum atomic E-state index is 16.8. The molecule has 7 aliphatic heterocycles. The summed E-state index contributed by atoms with van der Waals surface area (Å²) in [7, 11) is 0. The fourth-order valence-electron chi connectivity index (χ4n) is 24.8. The Balaban J connectivity index is 1.52. The normalized spacial score (nSPS) is 22.2. The molecule has 0 amide bonds. The lowest BCUT2D eigenvalue weighted by Gasteiger charge is -2.53. The van der Waals surface area contributed by atoms with Crippen molar-refractivity contribution < 1.29 is 86.2 Å². The molecule has 7 fully saturated rings. The lowest BCUT2D eigenvalue weighted by molar-refractivity contribution is -0.294. The molecular weight excluding hydrogens is 1780 g/mol. The minimum atomic E-state index is -1.15. The van der Waals surface area contributed by atoms with Crippen molar-refractivity contribution in [2.75, 3.05) is 39.6 Å². The minimum Gasteiger partial charge on any atom is -0.458 e. The van der Waals surface area contributed by atoms with E-state index in [1.807, 2.05) is 30.4 Å². The molecule has 7 saturated heterocycles. The quantitative estimate of drug-likeness (QED) is 0.0127. The van der Waals surface area contributed by atoms with Crippen LogP contribution in [0.4, 0.5) is 0 Å². The molecule has 0 aromatic carbocycles. The van der Waals surface area contributed by atoms with E-state index >= 15 is 28.8 Å². The van der Waals surface area contributed by atoms with Crippen LogP contribution in [-0.4, -0.2) is 209 Å². The first-order chi connectivity index (χ1) is 66.1. The number of unbranched alkanes of at least 4 members (excludes halogenated alkanes) is 30. The van der Waals surface area contributed by atoms with Gasteiger partial charge in [-0.2, -0.15) is 30.4 Å². The Kier molecular flexibility index (Phi) is 48.8. The van der Waals surface area contributed by atoms with Crippen molar-refractivity contribution in [3.05, 3.63) is 34.2 Å². The second-order valence-corrected chi connectivity index (χ2v) is 50.4. The number of nitrogens with one attached hydrogen (secondary N) is 3. The van der Waals surface area contributed by atoms with Gasteiger partial charge in [-0.3, -0.25) is 29.0 Å². The first-order valence-electron chi connectivity index (χ1n) is 56.5. The highest BCUT2D eigenvalue weighted by Crippen LogP contribution is 2.48. The molecule has 7 heterocycles. The number of piperidine rings is 6. The summed E-state index contributed by atoms with van der Waals surface area (Å²) < 4.78 is 41.5. The van der Waals surface area contributed by atoms with E-state index in [4.69, 9.17) is 57.4 Å². The number of esters is 6. The number of hydrogen-bond acceptors (Lipinski definition) is 27. The third kappa shape index (κ3) is 37.3. The number of hydrogen-bond donors (Lipinski definition) is 3. The summed E-state index contributed by atoms with van der Waals surface area (Å²) >= 11 is 0. The number of nitrogens with zero attached hydrogens (tertiary/aromatic N) is 6. The Morgan fingerprint density at radius 3 is 0.411 bits per heavy atom. The van der Waals surface area contributed by atoms with Crippen molar-refractivity contribution in [3.63, 3.8) is 0 Å². The molecule has 816 valence electrons. The molecular formula is C114H207N9O18. The van der Waals surface area contributed by atoms with Crippen LogP contribution in [0, 0.1) is 0 Å². The second-order valence-electron chi connectivity index (χ2n) is 50.4.